The van der Waals surface area contributed by atoms with Crippen molar-refractivity contribution < 1.29 is 9.90 Å². The van der Waals surface area contributed by atoms with Gasteiger partial charge in [0, 0.05) is 18.0 Å². The van der Waals surface area contributed by atoms with E-state index >= 15 is 0 Å². The normalized spacial score (nSPS) is 12.4. The smallest absolute Gasteiger partial charge is 0.306 e. The highest BCUT2D eigenvalue weighted by atomic mass is 16.4. The standard InChI is InChI=1S/C13H16N4O2/c1-8(13(18)19)6-11-9(2)16-17(10(11)3)12-4-5-14-7-15-12/h4-5,7-8H,6H2,1-3H3,(H,18,19). The molecule has 0 aliphatic rings. The molecule has 0 fully saturated rings. The van der Waals surface area contributed by atoms with Crippen LogP contribution in [-0.2, 0) is 11.2 Å². The summed E-state index contributed by atoms with van der Waals surface area (Å²) >= 11 is 0. The zero-order valence-electron chi connectivity index (χ0n) is 11.2. The van der Waals surface area contributed by atoms with Gasteiger partial charge in [0.2, 0.25) is 0 Å². The summed E-state index contributed by atoms with van der Waals surface area (Å²) < 4.78 is 1.72. The van der Waals surface area contributed by atoms with Crippen LogP contribution in [0.1, 0.15) is 23.9 Å². The second-order valence-electron chi connectivity index (χ2n) is 4.57. The Labute approximate surface area is 111 Å². The van der Waals surface area contributed by atoms with Crippen molar-refractivity contribution in [2.45, 2.75) is 27.2 Å². The number of aliphatic carboxylic acids is 1. The van der Waals surface area contributed by atoms with Gasteiger partial charge in [-0.25, -0.2) is 14.6 Å². The predicted molar refractivity (Wildman–Crippen MR) is 69.1 cm³/mol. The summed E-state index contributed by atoms with van der Waals surface area (Å²) in [6.45, 7) is 5.50. The maximum absolute atomic E-state index is 11.0. The lowest BCUT2D eigenvalue weighted by Gasteiger charge is -2.07. The lowest BCUT2D eigenvalue weighted by Crippen LogP contribution is -2.13. The van der Waals surface area contributed by atoms with E-state index in [1.807, 2.05) is 13.8 Å². The summed E-state index contributed by atoms with van der Waals surface area (Å²) in [4.78, 5) is 19.0. The topological polar surface area (TPSA) is 80.9 Å². The maximum Gasteiger partial charge on any atom is 0.306 e. The molecule has 2 aromatic rings. The van der Waals surface area contributed by atoms with Crippen LogP contribution >= 0.6 is 0 Å². The second kappa shape index (κ2) is 5.17. The van der Waals surface area contributed by atoms with E-state index in [1.165, 1.54) is 6.33 Å². The van der Waals surface area contributed by atoms with Crippen LogP contribution in [0.15, 0.2) is 18.6 Å². The van der Waals surface area contributed by atoms with Gasteiger partial charge < -0.3 is 5.11 Å². The van der Waals surface area contributed by atoms with Crippen molar-refractivity contribution in [3.05, 3.63) is 35.5 Å². The van der Waals surface area contributed by atoms with Gasteiger partial charge in [-0.15, -0.1) is 0 Å². The first-order valence-corrected chi connectivity index (χ1v) is 6.05. The van der Waals surface area contributed by atoms with Gasteiger partial charge in [-0.2, -0.15) is 5.10 Å². The number of carboxylic acids is 1. The number of hydrogen-bond acceptors (Lipinski definition) is 4. The molecule has 0 saturated heterocycles. The molecule has 6 nitrogen and oxygen atoms in total. The Hall–Kier alpha value is -2.24. The van der Waals surface area contributed by atoms with Crippen LogP contribution in [0.25, 0.3) is 5.82 Å². The molecule has 0 aliphatic carbocycles. The fourth-order valence-electron chi connectivity index (χ4n) is 2.00. The van der Waals surface area contributed by atoms with Gasteiger partial charge in [0.15, 0.2) is 5.82 Å². The summed E-state index contributed by atoms with van der Waals surface area (Å²) in [6.07, 6.45) is 3.59. The van der Waals surface area contributed by atoms with E-state index in [-0.39, 0.29) is 0 Å². The minimum Gasteiger partial charge on any atom is -0.481 e. The molecule has 0 aliphatic heterocycles. The third-order valence-corrected chi connectivity index (χ3v) is 3.16. The first-order valence-electron chi connectivity index (χ1n) is 6.05. The average molecular weight is 260 g/mol. The van der Waals surface area contributed by atoms with Crippen molar-refractivity contribution in [2.24, 2.45) is 5.92 Å². The SMILES string of the molecule is Cc1nn(-c2ccncn2)c(C)c1CC(C)C(=O)O. The first-order chi connectivity index (χ1) is 9.00. The van der Waals surface area contributed by atoms with E-state index in [0.717, 1.165) is 17.0 Å². The average Bonchev–Trinajstić information content (AvgIpc) is 2.67. The van der Waals surface area contributed by atoms with Crippen LogP contribution in [0.2, 0.25) is 0 Å². The first kappa shape index (κ1) is 13.2. The van der Waals surface area contributed by atoms with Crippen LogP contribution < -0.4 is 0 Å². The van der Waals surface area contributed by atoms with Gasteiger partial charge in [-0.1, -0.05) is 6.92 Å². The Bertz CT molecular complexity index is 592. The van der Waals surface area contributed by atoms with Crippen LogP contribution in [-0.4, -0.2) is 30.8 Å². The van der Waals surface area contributed by atoms with E-state index in [0.29, 0.717) is 12.2 Å². The van der Waals surface area contributed by atoms with Crippen LogP contribution in [0, 0.1) is 19.8 Å². The molecular formula is C13H16N4O2. The van der Waals surface area contributed by atoms with Gasteiger partial charge in [-0.3, -0.25) is 4.79 Å². The molecule has 0 amide bonds. The summed E-state index contributed by atoms with van der Waals surface area (Å²) in [5, 5.41) is 13.4. The zero-order valence-corrected chi connectivity index (χ0v) is 11.2. The highest BCUT2D eigenvalue weighted by Crippen LogP contribution is 2.19. The van der Waals surface area contributed by atoms with Crippen LogP contribution in [0.4, 0.5) is 0 Å². The molecule has 2 rings (SSSR count). The Balaban J connectivity index is 2.38. The fraction of sp³-hybridized carbons (Fsp3) is 0.385. The van der Waals surface area contributed by atoms with Crippen molar-refractivity contribution >= 4 is 5.97 Å². The molecule has 6 heteroatoms. The highest BCUT2D eigenvalue weighted by Gasteiger charge is 2.19. The number of carboxylic acid groups (broad SMARTS) is 1. The van der Waals surface area contributed by atoms with E-state index in [1.54, 1.807) is 23.9 Å². The van der Waals surface area contributed by atoms with Crippen molar-refractivity contribution in [3.63, 3.8) is 0 Å². The Morgan fingerprint density at radius 1 is 1.47 bits per heavy atom. The molecule has 2 heterocycles. The molecule has 2 aromatic heterocycles. The number of aryl methyl sites for hydroxylation is 1. The Morgan fingerprint density at radius 2 is 2.21 bits per heavy atom. The summed E-state index contributed by atoms with van der Waals surface area (Å²) in [6, 6.07) is 1.77. The lowest BCUT2D eigenvalue weighted by atomic mass is 10.00. The molecule has 0 spiro atoms. The maximum atomic E-state index is 11.0. The van der Waals surface area contributed by atoms with Gasteiger partial charge in [-0.05, 0) is 25.8 Å². The molecule has 1 unspecified atom stereocenters. The van der Waals surface area contributed by atoms with Crippen LogP contribution in [0.5, 0.6) is 0 Å². The third-order valence-electron chi connectivity index (χ3n) is 3.16. The Morgan fingerprint density at radius 3 is 2.79 bits per heavy atom. The molecule has 100 valence electrons. The molecule has 1 N–H and O–H groups in total. The highest BCUT2D eigenvalue weighted by molar-refractivity contribution is 5.70. The number of rotatable bonds is 4. The van der Waals surface area contributed by atoms with Crippen molar-refractivity contribution in [1.29, 1.82) is 0 Å². The van der Waals surface area contributed by atoms with E-state index < -0.39 is 11.9 Å². The van der Waals surface area contributed by atoms with Gasteiger partial charge >= 0.3 is 5.97 Å². The fourth-order valence-corrected chi connectivity index (χ4v) is 2.00. The lowest BCUT2D eigenvalue weighted by molar-refractivity contribution is -0.141. The van der Waals surface area contributed by atoms with E-state index in [2.05, 4.69) is 15.1 Å². The van der Waals surface area contributed by atoms with Crippen molar-refractivity contribution in [2.75, 3.05) is 0 Å². The van der Waals surface area contributed by atoms with Gasteiger partial charge in [0.25, 0.3) is 0 Å². The molecule has 0 aromatic carbocycles. The van der Waals surface area contributed by atoms with E-state index in [4.69, 9.17) is 5.11 Å². The summed E-state index contributed by atoms with van der Waals surface area (Å²) in [5.74, 6) is -0.543. The molecule has 0 bridgehead atoms. The molecule has 0 saturated carbocycles. The minimum atomic E-state index is -0.798. The number of aromatic nitrogens is 4. The zero-order chi connectivity index (χ0) is 14.0. The van der Waals surface area contributed by atoms with Crippen molar-refractivity contribution in [3.8, 4) is 5.82 Å². The largest absolute Gasteiger partial charge is 0.481 e. The molecule has 19 heavy (non-hydrogen) atoms. The van der Waals surface area contributed by atoms with Crippen molar-refractivity contribution in [1.82, 2.24) is 19.7 Å². The van der Waals surface area contributed by atoms with E-state index in [9.17, 15) is 4.79 Å². The van der Waals surface area contributed by atoms with Gasteiger partial charge in [0.05, 0.1) is 11.6 Å². The quantitative estimate of drug-likeness (QED) is 0.901. The molecular weight excluding hydrogens is 244 g/mol. The summed E-state index contributed by atoms with van der Waals surface area (Å²) in [5.41, 5.74) is 2.72. The predicted octanol–water partition coefficient (Wildman–Crippen LogP) is 1.54. The third kappa shape index (κ3) is 2.62. The second-order valence-corrected chi connectivity index (χ2v) is 4.57. The number of hydrogen-bond donors (Lipinski definition) is 1. The molecule has 1 atom stereocenters. The molecule has 0 radical (unpaired) electrons. The number of carbonyl (C=O) groups is 1. The minimum absolute atomic E-state index is 0.430. The van der Waals surface area contributed by atoms with Crippen LogP contribution in [0.3, 0.4) is 0 Å². The Kier molecular flexibility index (Phi) is 3.59. The monoisotopic (exact) mass is 260 g/mol. The van der Waals surface area contributed by atoms with Gasteiger partial charge in [0.1, 0.15) is 6.33 Å². The number of nitrogens with zero attached hydrogens (tertiary/aromatic N) is 4. The summed E-state index contributed by atoms with van der Waals surface area (Å²) in [7, 11) is 0.